The molecule has 3 rings (SSSR count). The fourth-order valence-electron chi connectivity index (χ4n) is 2.94. The van der Waals surface area contributed by atoms with Gasteiger partial charge in [-0.05, 0) is 42.3 Å². The number of carboxylic acid groups (broad SMARTS) is 1. The van der Waals surface area contributed by atoms with Gasteiger partial charge in [0.1, 0.15) is 5.75 Å². The molecule has 0 aliphatic rings. The molecule has 0 fully saturated rings. The van der Waals surface area contributed by atoms with Gasteiger partial charge in [0.25, 0.3) is 5.91 Å². The fourth-order valence-corrected chi connectivity index (χ4v) is 2.94. The number of fused-ring (bicyclic) bond motifs is 1. The molecule has 0 radical (unpaired) electrons. The van der Waals surface area contributed by atoms with Gasteiger partial charge in [-0.3, -0.25) is 14.2 Å². The minimum Gasteiger partial charge on any atom is -0.508 e. The molecule has 1 aromatic heterocycles. The maximum atomic E-state index is 12.7. The fraction of sp³-hybridized carbons (Fsp3) is 0.100. The number of benzene rings is 2. The van der Waals surface area contributed by atoms with Gasteiger partial charge < -0.3 is 10.2 Å². The summed E-state index contributed by atoms with van der Waals surface area (Å²) in [7, 11) is 0. The highest BCUT2D eigenvalue weighted by Crippen LogP contribution is 2.29. The van der Waals surface area contributed by atoms with Crippen molar-refractivity contribution in [2.75, 3.05) is 0 Å². The Balaban J connectivity index is 2.09. The van der Waals surface area contributed by atoms with Crippen molar-refractivity contribution >= 4 is 28.9 Å². The number of aromatic nitrogens is 1. The minimum absolute atomic E-state index is 0.0311. The number of hydrogen-bond acceptors (Lipinski definition) is 3. The highest BCUT2D eigenvalue weighted by molar-refractivity contribution is 6.03. The van der Waals surface area contributed by atoms with Crippen LogP contribution >= 0.6 is 0 Å². The van der Waals surface area contributed by atoms with E-state index in [9.17, 15) is 14.7 Å². The van der Waals surface area contributed by atoms with Gasteiger partial charge in [0.2, 0.25) is 0 Å². The Kier molecular flexibility index (Phi) is 4.39. The number of carboxylic acids is 1. The summed E-state index contributed by atoms with van der Waals surface area (Å²) in [4.78, 5) is 23.9. The predicted molar refractivity (Wildman–Crippen MR) is 95.8 cm³/mol. The van der Waals surface area contributed by atoms with Crippen molar-refractivity contribution in [3.8, 4) is 5.75 Å². The Morgan fingerprint density at radius 2 is 1.84 bits per heavy atom. The number of hydrogen-bond donors (Lipinski definition) is 2. The molecule has 0 spiro atoms. The highest BCUT2D eigenvalue weighted by atomic mass is 16.4. The Hall–Kier alpha value is -3.34. The number of carbonyl (C=O) groups is 2. The molecule has 0 unspecified atom stereocenters. The van der Waals surface area contributed by atoms with Crippen LogP contribution in [0.3, 0.4) is 0 Å². The number of aliphatic carboxylic acids is 1. The van der Waals surface area contributed by atoms with Crippen molar-refractivity contribution in [2.24, 2.45) is 0 Å². The first-order chi connectivity index (χ1) is 12.0. The Morgan fingerprint density at radius 1 is 1.12 bits per heavy atom. The second-order valence-corrected chi connectivity index (χ2v) is 5.75. The molecule has 2 N–H and O–H groups in total. The van der Waals surface area contributed by atoms with E-state index < -0.39 is 5.97 Å². The van der Waals surface area contributed by atoms with Crippen LogP contribution < -0.4 is 0 Å². The summed E-state index contributed by atoms with van der Waals surface area (Å²) in [6.07, 6.45) is 2.96. The summed E-state index contributed by atoms with van der Waals surface area (Å²) >= 11 is 0. The first-order valence-electron chi connectivity index (χ1n) is 7.79. The number of nitrogens with zero attached hydrogens (tertiary/aromatic N) is 1. The van der Waals surface area contributed by atoms with Crippen LogP contribution in [0.2, 0.25) is 0 Å². The SMILES string of the molecule is Cc1c(CC(=O)O)c2cc(O)ccc2n1C(=O)C=Cc1ccccc1. The quantitative estimate of drug-likeness (QED) is 0.714. The lowest BCUT2D eigenvalue weighted by molar-refractivity contribution is -0.136. The highest BCUT2D eigenvalue weighted by Gasteiger charge is 2.19. The van der Waals surface area contributed by atoms with Crippen molar-refractivity contribution in [2.45, 2.75) is 13.3 Å². The topological polar surface area (TPSA) is 79.5 Å². The van der Waals surface area contributed by atoms with E-state index in [1.165, 1.54) is 22.8 Å². The standard InChI is InChI=1S/C20H17NO4/c1-13-16(12-20(24)25)17-11-15(22)8-9-18(17)21(13)19(23)10-7-14-5-3-2-4-6-14/h2-11,22H,12H2,1H3,(H,24,25). The van der Waals surface area contributed by atoms with Crippen molar-refractivity contribution in [3.05, 3.63) is 71.4 Å². The number of phenolic OH excluding ortho intramolecular Hbond substituents is 1. The maximum absolute atomic E-state index is 12.7. The van der Waals surface area contributed by atoms with E-state index in [0.717, 1.165) is 5.56 Å². The van der Waals surface area contributed by atoms with Gasteiger partial charge in [0.05, 0.1) is 11.9 Å². The Morgan fingerprint density at radius 3 is 2.52 bits per heavy atom. The predicted octanol–water partition coefficient (Wildman–Crippen LogP) is 3.64. The van der Waals surface area contributed by atoms with E-state index in [0.29, 0.717) is 22.2 Å². The number of carbonyl (C=O) groups excluding carboxylic acids is 1. The van der Waals surface area contributed by atoms with Crippen LogP contribution in [0.15, 0.2) is 54.6 Å². The second kappa shape index (κ2) is 6.65. The molecule has 2 aromatic carbocycles. The van der Waals surface area contributed by atoms with Crippen LogP contribution in [-0.4, -0.2) is 26.7 Å². The normalized spacial score (nSPS) is 11.2. The average molecular weight is 335 g/mol. The van der Waals surface area contributed by atoms with Gasteiger partial charge in [-0.15, -0.1) is 0 Å². The summed E-state index contributed by atoms with van der Waals surface area (Å²) in [6.45, 7) is 1.71. The third-order valence-electron chi connectivity index (χ3n) is 4.08. The van der Waals surface area contributed by atoms with Gasteiger partial charge in [0.15, 0.2) is 0 Å². The van der Waals surface area contributed by atoms with Crippen molar-refractivity contribution in [1.82, 2.24) is 4.57 Å². The molecule has 0 aliphatic heterocycles. The van der Waals surface area contributed by atoms with Crippen LogP contribution in [-0.2, 0) is 11.2 Å². The van der Waals surface area contributed by atoms with Crippen LogP contribution in [0.4, 0.5) is 0 Å². The van der Waals surface area contributed by atoms with Gasteiger partial charge in [-0.25, -0.2) is 0 Å². The monoisotopic (exact) mass is 335 g/mol. The van der Waals surface area contributed by atoms with E-state index in [1.807, 2.05) is 30.3 Å². The zero-order valence-electron chi connectivity index (χ0n) is 13.6. The number of allylic oxidation sites excluding steroid dienone is 1. The molecular weight excluding hydrogens is 318 g/mol. The third-order valence-corrected chi connectivity index (χ3v) is 4.08. The maximum Gasteiger partial charge on any atom is 0.307 e. The smallest absolute Gasteiger partial charge is 0.307 e. The third kappa shape index (κ3) is 3.30. The molecular formula is C20H17NO4. The zero-order chi connectivity index (χ0) is 18.0. The average Bonchev–Trinajstić information content (AvgIpc) is 2.85. The molecule has 126 valence electrons. The molecule has 0 bridgehead atoms. The Bertz CT molecular complexity index is 984. The summed E-state index contributed by atoms with van der Waals surface area (Å²) < 4.78 is 1.48. The number of rotatable bonds is 4. The van der Waals surface area contributed by atoms with E-state index in [4.69, 9.17) is 5.11 Å². The van der Waals surface area contributed by atoms with E-state index >= 15 is 0 Å². The lowest BCUT2D eigenvalue weighted by Crippen LogP contribution is -2.10. The van der Waals surface area contributed by atoms with E-state index in [1.54, 1.807) is 19.1 Å². The van der Waals surface area contributed by atoms with Crippen molar-refractivity contribution in [3.63, 3.8) is 0 Å². The van der Waals surface area contributed by atoms with Gasteiger partial charge >= 0.3 is 5.97 Å². The van der Waals surface area contributed by atoms with Crippen LogP contribution in [0.5, 0.6) is 5.75 Å². The first kappa shape index (κ1) is 16.5. The van der Waals surface area contributed by atoms with Crippen LogP contribution in [0, 0.1) is 6.92 Å². The molecule has 25 heavy (non-hydrogen) atoms. The molecule has 3 aromatic rings. The van der Waals surface area contributed by atoms with Crippen molar-refractivity contribution in [1.29, 1.82) is 0 Å². The van der Waals surface area contributed by atoms with Crippen LogP contribution in [0.1, 0.15) is 21.6 Å². The molecule has 5 heteroatoms. The lowest BCUT2D eigenvalue weighted by atomic mass is 10.1. The van der Waals surface area contributed by atoms with Crippen molar-refractivity contribution < 1.29 is 19.8 Å². The van der Waals surface area contributed by atoms with E-state index in [2.05, 4.69) is 0 Å². The summed E-state index contributed by atoms with van der Waals surface area (Å²) in [5.74, 6) is -1.23. The molecule has 5 nitrogen and oxygen atoms in total. The molecule has 0 atom stereocenters. The largest absolute Gasteiger partial charge is 0.508 e. The van der Waals surface area contributed by atoms with Gasteiger partial charge in [0, 0.05) is 17.2 Å². The molecule has 0 saturated heterocycles. The van der Waals surface area contributed by atoms with Gasteiger partial charge in [-0.2, -0.15) is 0 Å². The minimum atomic E-state index is -0.988. The molecule has 1 heterocycles. The summed E-state index contributed by atoms with van der Waals surface area (Å²) in [5, 5.41) is 19.4. The van der Waals surface area contributed by atoms with Gasteiger partial charge in [-0.1, -0.05) is 30.3 Å². The number of phenols is 1. The Labute approximate surface area is 144 Å². The zero-order valence-corrected chi connectivity index (χ0v) is 13.6. The summed E-state index contributed by atoms with van der Waals surface area (Å²) in [6, 6.07) is 14.0. The number of aromatic hydroxyl groups is 1. The lowest BCUT2D eigenvalue weighted by Gasteiger charge is -2.04. The first-order valence-corrected chi connectivity index (χ1v) is 7.79. The van der Waals surface area contributed by atoms with Crippen LogP contribution in [0.25, 0.3) is 17.0 Å². The molecule has 0 aliphatic carbocycles. The second-order valence-electron chi connectivity index (χ2n) is 5.75. The molecule has 0 amide bonds. The molecule has 0 saturated carbocycles. The summed E-state index contributed by atoms with van der Waals surface area (Å²) in [5.41, 5.74) is 2.56. The van der Waals surface area contributed by atoms with E-state index in [-0.39, 0.29) is 18.1 Å².